The highest BCUT2D eigenvalue weighted by Crippen LogP contribution is 2.26. The van der Waals surface area contributed by atoms with Crippen molar-refractivity contribution in [1.29, 1.82) is 0 Å². The van der Waals surface area contributed by atoms with E-state index in [1.54, 1.807) is 0 Å². The van der Waals surface area contributed by atoms with Gasteiger partial charge < -0.3 is 14.2 Å². The molecule has 0 radical (unpaired) electrons. The minimum absolute atomic E-state index is 0.113. The average molecular weight is 371 g/mol. The summed E-state index contributed by atoms with van der Waals surface area (Å²) >= 11 is 0. The van der Waals surface area contributed by atoms with Crippen LogP contribution in [0.25, 0.3) is 0 Å². The average Bonchev–Trinajstić information content (AvgIpc) is 2.64. The molecule has 0 fully saturated rings. The smallest absolute Gasteiger partial charge is 0.200 e. The number of ether oxygens (including phenoxy) is 3. The van der Waals surface area contributed by atoms with E-state index in [1.165, 1.54) is 5.56 Å². The van der Waals surface area contributed by atoms with Crippen LogP contribution in [0.3, 0.4) is 0 Å². The molecule has 0 saturated carbocycles. The minimum Gasteiger partial charge on any atom is -0.491 e. The predicted molar refractivity (Wildman–Crippen MR) is 112 cm³/mol. The van der Waals surface area contributed by atoms with E-state index in [4.69, 9.17) is 14.2 Å². The summed E-state index contributed by atoms with van der Waals surface area (Å²) in [5.41, 5.74) is 1.45. The molecule has 0 aliphatic heterocycles. The van der Waals surface area contributed by atoms with Crippen LogP contribution in [0.2, 0.25) is 0 Å². The minimum atomic E-state index is -0.293. The van der Waals surface area contributed by atoms with Gasteiger partial charge in [-0.25, -0.2) is 0 Å². The van der Waals surface area contributed by atoms with Gasteiger partial charge >= 0.3 is 0 Å². The summed E-state index contributed by atoms with van der Waals surface area (Å²) in [6.45, 7) is 12.0. The van der Waals surface area contributed by atoms with E-state index in [2.05, 4.69) is 46.8 Å². The zero-order valence-electron chi connectivity index (χ0n) is 17.4. The second kappa shape index (κ2) is 10.4. The quantitative estimate of drug-likeness (QED) is 0.356. The number of hydrogen-bond donors (Lipinski definition) is 0. The van der Waals surface area contributed by atoms with Gasteiger partial charge in [0, 0.05) is 6.42 Å². The van der Waals surface area contributed by atoms with Crippen molar-refractivity contribution >= 4 is 0 Å². The molecule has 0 N–H and O–H groups in total. The van der Waals surface area contributed by atoms with Crippen molar-refractivity contribution in [2.45, 2.75) is 59.7 Å². The van der Waals surface area contributed by atoms with Crippen LogP contribution in [0.15, 0.2) is 54.6 Å². The molecule has 0 aliphatic carbocycles. The lowest BCUT2D eigenvalue weighted by molar-refractivity contribution is -0.105. The van der Waals surface area contributed by atoms with Crippen molar-refractivity contribution in [1.82, 2.24) is 0 Å². The van der Waals surface area contributed by atoms with Crippen molar-refractivity contribution in [3.63, 3.8) is 0 Å². The van der Waals surface area contributed by atoms with Crippen LogP contribution in [0.5, 0.6) is 11.5 Å². The van der Waals surface area contributed by atoms with E-state index in [0.29, 0.717) is 19.1 Å². The van der Waals surface area contributed by atoms with Gasteiger partial charge in [-0.1, -0.05) is 65.0 Å². The molecular formula is C24H34O3. The maximum Gasteiger partial charge on any atom is 0.200 e. The molecule has 2 atom stereocenters. The molecular weight excluding hydrogens is 336 g/mol. The first-order valence-electron chi connectivity index (χ1n) is 9.93. The number of rotatable bonds is 10. The fourth-order valence-corrected chi connectivity index (χ4v) is 2.75. The molecule has 0 aromatic heterocycles. The molecule has 0 heterocycles. The third-order valence-electron chi connectivity index (χ3n) is 4.51. The zero-order chi connectivity index (χ0) is 19.7. The predicted octanol–water partition coefficient (Wildman–Crippen LogP) is 6.44. The van der Waals surface area contributed by atoms with Gasteiger partial charge in [-0.05, 0) is 47.6 Å². The van der Waals surface area contributed by atoms with Gasteiger partial charge in [0.1, 0.15) is 18.1 Å². The summed E-state index contributed by atoms with van der Waals surface area (Å²) in [7, 11) is 0. The van der Waals surface area contributed by atoms with E-state index in [0.717, 1.165) is 24.3 Å². The Balaban J connectivity index is 1.89. The molecule has 27 heavy (non-hydrogen) atoms. The lowest BCUT2D eigenvalue weighted by Crippen LogP contribution is -2.28. The lowest BCUT2D eigenvalue weighted by atomic mass is 9.92. The van der Waals surface area contributed by atoms with Crippen molar-refractivity contribution in [3.8, 4) is 11.5 Å². The highest BCUT2D eigenvalue weighted by Gasteiger charge is 2.21. The standard InChI is InChI=1S/C24H34O3/c1-6-19(2)20-12-14-22(15-13-20)27-23(18-24(3,4)5)26-17-16-25-21-10-8-7-9-11-21/h7-15,19,23H,6,16-18H2,1-5H3. The van der Waals surface area contributed by atoms with E-state index in [9.17, 15) is 0 Å². The summed E-state index contributed by atoms with van der Waals surface area (Å²) in [5.74, 6) is 2.27. The first kappa shape index (κ1) is 21.3. The van der Waals surface area contributed by atoms with E-state index in [-0.39, 0.29) is 11.7 Å². The summed E-state index contributed by atoms with van der Waals surface area (Å²) < 4.78 is 17.8. The molecule has 2 unspecified atom stereocenters. The number of benzene rings is 2. The largest absolute Gasteiger partial charge is 0.491 e. The lowest BCUT2D eigenvalue weighted by Gasteiger charge is -2.27. The van der Waals surface area contributed by atoms with Crippen molar-refractivity contribution < 1.29 is 14.2 Å². The second-order valence-electron chi connectivity index (χ2n) is 8.22. The van der Waals surface area contributed by atoms with Gasteiger partial charge in [0.2, 0.25) is 0 Å². The SMILES string of the molecule is CCC(C)c1ccc(OC(CC(C)(C)C)OCCOc2ccccc2)cc1. The zero-order valence-corrected chi connectivity index (χ0v) is 17.4. The second-order valence-corrected chi connectivity index (χ2v) is 8.22. The van der Waals surface area contributed by atoms with Crippen LogP contribution in [-0.4, -0.2) is 19.5 Å². The Kier molecular flexibility index (Phi) is 8.18. The Hall–Kier alpha value is -2.00. The van der Waals surface area contributed by atoms with Gasteiger partial charge in [-0.15, -0.1) is 0 Å². The molecule has 0 aliphatic rings. The topological polar surface area (TPSA) is 27.7 Å². The Morgan fingerprint density at radius 2 is 1.52 bits per heavy atom. The maximum atomic E-state index is 6.13. The van der Waals surface area contributed by atoms with Gasteiger partial charge in [0.15, 0.2) is 6.29 Å². The van der Waals surface area contributed by atoms with Gasteiger partial charge in [-0.3, -0.25) is 0 Å². The molecule has 3 nitrogen and oxygen atoms in total. The molecule has 148 valence electrons. The van der Waals surface area contributed by atoms with Crippen LogP contribution >= 0.6 is 0 Å². The Labute approximate surface area is 164 Å². The van der Waals surface area contributed by atoms with E-state index < -0.39 is 0 Å². The maximum absolute atomic E-state index is 6.13. The molecule has 0 amide bonds. The van der Waals surface area contributed by atoms with Crippen LogP contribution in [0.4, 0.5) is 0 Å². The Bertz CT molecular complexity index is 644. The highest BCUT2D eigenvalue weighted by molar-refractivity contribution is 5.29. The number of para-hydroxylation sites is 1. The van der Waals surface area contributed by atoms with Crippen molar-refractivity contribution in [2.75, 3.05) is 13.2 Å². The third-order valence-corrected chi connectivity index (χ3v) is 4.51. The molecule has 3 heteroatoms. The first-order chi connectivity index (χ1) is 12.9. The van der Waals surface area contributed by atoms with Gasteiger partial charge in [0.05, 0.1) is 6.61 Å². The Morgan fingerprint density at radius 3 is 2.11 bits per heavy atom. The van der Waals surface area contributed by atoms with Crippen LogP contribution < -0.4 is 9.47 Å². The normalized spacial score (nSPS) is 13.8. The molecule has 0 saturated heterocycles. The van der Waals surface area contributed by atoms with Gasteiger partial charge in [-0.2, -0.15) is 0 Å². The molecule has 2 aromatic carbocycles. The van der Waals surface area contributed by atoms with Crippen LogP contribution in [0, 0.1) is 5.41 Å². The fourth-order valence-electron chi connectivity index (χ4n) is 2.75. The number of hydrogen-bond acceptors (Lipinski definition) is 3. The Morgan fingerprint density at radius 1 is 0.852 bits per heavy atom. The molecule has 0 spiro atoms. The van der Waals surface area contributed by atoms with Crippen LogP contribution in [-0.2, 0) is 4.74 Å². The fraction of sp³-hybridized carbons (Fsp3) is 0.500. The van der Waals surface area contributed by atoms with Crippen molar-refractivity contribution in [2.24, 2.45) is 5.41 Å². The highest BCUT2D eigenvalue weighted by atomic mass is 16.7. The monoisotopic (exact) mass is 370 g/mol. The molecule has 0 bridgehead atoms. The van der Waals surface area contributed by atoms with Gasteiger partial charge in [0.25, 0.3) is 0 Å². The van der Waals surface area contributed by atoms with Crippen LogP contribution in [0.1, 0.15) is 58.9 Å². The molecule has 2 rings (SSSR count). The summed E-state index contributed by atoms with van der Waals surface area (Å²) in [5, 5.41) is 0. The summed E-state index contributed by atoms with van der Waals surface area (Å²) in [6, 6.07) is 18.2. The molecule has 2 aromatic rings. The third kappa shape index (κ3) is 8.04. The van der Waals surface area contributed by atoms with Crippen molar-refractivity contribution in [3.05, 3.63) is 60.2 Å². The van der Waals surface area contributed by atoms with E-state index in [1.807, 2.05) is 42.5 Å². The summed E-state index contributed by atoms with van der Waals surface area (Å²) in [6.07, 6.45) is 1.65. The first-order valence-corrected chi connectivity index (χ1v) is 9.93. The summed E-state index contributed by atoms with van der Waals surface area (Å²) in [4.78, 5) is 0. The van der Waals surface area contributed by atoms with E-state index >= 15 is 0 Å².